The van der Waals surface area contributed by atoms with Crippen molar-refractivity contribution in [3.8, 4) is 0 Å². The van der Waals surface area contributed by atoms with Gasteiger partial charge < -0.3 is 16.0 Å². The van der Waals surface area contributed by atoms with Crippen LogP contribution >= 0.6 is 23.2 Å². The standard InChI is InChI=1S/C24H27Cl2N3O2/c1-23(2,3)12-18-24(16-9-8-15(26)11-17(16)28-22(24)31)19(20(29-18)21(30)27-4)13-6-5-7-14(25)10-13/h5-11,18-20,29H,12H2,1-4H3,(H,27,30)(H,28,31)/t18-,19+,20-,24+/m1/s1. The van der Waals surface area contributed by atoms with E-state index in [1.165, 1.54) is 0 Å². The lowest BCUT2D eigenvalue weighted by Gasteiger charge is -2.37. The fourth-order valence-corrected chi connectivity index (χ4v) is 5.65. The molecule has 0 saturated carbocycles. The lowest BCUT2D eigenvalue weighted by molar-refractivity contribution is -0.123. The highest BCUT2D eigenvalue weighted by molar-refractivity contribution is 6.31. The summed E-state index contributed by atoms with van der Waals surface area (Å²) >= 11 is 12.6. The predicted octanol–water partition coefficient (Wildman–Crippen LogP) is 4.49. The van der Waals surface area contributed by atoms with E-state index in [1.54, 1.807) is 25.2 Å². The predicted molar refractivity (Wildman–Crippen MR) is 125 cm³/mol. The van der Waals surface area contributed by atoms with Gasteiger partial charge in [-0.1, -0.05) is 62.2 Å². The third-order valence-corrected chi connectivity index (χ3v) is 6.83. The highest BCUT2D eigenvalue weighted by Gasteiger charge is 2.65. The first kappa shape index (κ1) is 22.1. The van der Waals surface area contributed by atoms with Gasteiger partial charge in [0.15, 0.2) is 0 Å². The van der Waals surface area contributed by atoms with Gasteiger partial charge >= 0.3 is 0 Å². The SMILES string of the molecule is CNC(=O)[C@@H]1N[C@H](CC(C)(C)C)[C@]2(C(=O)Nc3cc(Cl)ccc32)[C@H]1c1cccc(Cl)c1. The maximum atomic E-state index is 13.8. The zero-order valence-electron chi connectivity index (χ0n) is 18.1. The summed E-state index contributed by atoms with van der Waals surface area (Å²) in [6.07, 6.45) is 0.701. The zero-order chi connectivity index (χ0) is 22.6. The fraction of sp³-hybridized carbons (Fsp3) is 0.417. The summed E-state index contributed by atoms with van der Waals surface area (Å²) in [4.78, 5) is 26.9. The summed E-state index contributed by atoms with van der Waals surface area (Å²) in [6.45, 7) is 6.42. The lowest BCUT2D eigenvalue weighted by Crippen LogP contribution is -2.49. The number of amides is 2. The molecule has 5 nitrogen and oxygen atoms in total. The lowest BCUT2D eigenvalue weighted by atomic mass is 9.62. The normalized spacial score (nSPS) is 27.3. The minimum absolute atomic E-state index is 0.0728. The highest BCUT2D eigenvalue weighted by Crippen LogP contribution is 2.56. The maximum Gasteiger partial charge on any atom is 0.237 e. The van der Waals surface area contributed by atoms with Crippen LogP contribution in [-0.2, 0) is 15.0 Å². The van der Waals surface area contributed by atoms with E-state index in [0.717, 1.165) is 11.1 Å². The molecule has 2 aromatic carbocycles. The Balaban J connectivity index is 2.00. The largest absolute Gasteiger partial charge is 0.358 e. The molecule has 2 aromatic rings. The first-order chi connectivity index (χ1) is 14.6. The molecule has 0 aliphatic carbocycles. The second-order valence-electron chi connectivity index (χ2n) is 9.62. The fourth-order valence-electron chi connectivity index (χ4n) is 5.28. The van der Waals surface area contributed by atoms with Crippen LogP contribution in [0.25, 0.3) is 0 Å². The summed E-state index contributed by atoms with van der Waals surface area (Å²) < 4.78 is 0. The van der Waals surface area contributed by atoms with Crippen molar-refractivity contribution in [1.29, 1.82) is 0 Å². The van der Waals surface area contributed by atoms with Gasteiger partial charge in [0.05, 0.1) is 6.04 Å². The maximum absolute atomic E-state index is 13.8. The van der Waals surface area contributed by atoms with Gasteiger partial charge in [-0.15, -0.1) is 0 Å². The molecule has 0 bridgehead atoms. The Morgan fingerprint density at radius 2 is 1.84 bits per heavy atom. The molecular formula is C24H27Cl2N3O2. The summed E-state index contributed by atoms with van der Waals surface area (Å²) in [5.41, 5.74) is 1.36. The summed E-state index contributed by atoms with van der Waals surface area (Å²) in [5.74, 6) is -0.722. The van der Waals surface area contributed by atoms with Gasteiger partial charge in [-0.05, 0) is 47.2 Å². The first-order valence-corrected chi connectivity index (χ1v) is 11.2. The van der Waals surface area contributed by atoms with Crippen molar-refractivity contribution < 1.29 is 9.59 Å². The Morgan fingerprint density at radius 3 is 2.48 bits per heavy atom. The Labute approximate surface area is 192 Å². The molecule has 2 aliphatic rings. The highest BCUT2D eigenvalue weighted by atomic mass is 35.5. The molecule has 1 fully saturated rings. The van der Waals surface area contributed by atoms with Gasteiger partial charge in [-0.2, -0.15) is 0 Å². The second-order valence-corrected chi connectivity index (χ2v) is 10.5. The van der Waals surface area contributed by atoms with E-state index in [1.807, 2.05) is 24.3 Å². The van der Waals surface area contributed by atoms with Gasteiger partial charge in [-0.25, -0.2) is 0 Å². The molecular weight excluding hydrogens is 433 g/mol. The summed E-state index contributed by atoms with van der Waals surface area (Å²) in [5, 5.41) is 10.5. The number of carbonyl (C=O) groups is 2. The Kier molecular flexibility index (Phi) is 5.57. The molecule has 31 heavy (non-hydrogen) atoms. The zero-order valence-corrected chi connectivity index (χ0v) is 19.6. The molecule has 4 atom stereocenters. The number of rotatable bonds is 3. The van der Waals surface area contributed by atoms with Crippen LogP contribution in [0, 0.1) is 5.41 Å². The smallest absolute Gasteiger partial charge is 0.237 e. The van der Waals surface area contributed by atoms with E-state index in [2.05, 4.69) is 36.7 Å². The van der Waals surface area contributed by atoms with Crippen molar-refractivity contribution in [3.63, 3.8) is 0 Å². The van der Waals surface area contributed by atoms with E-state index in [-0.39, 0.29) is 23.3 Å². The Bertz CT molecular complexity index is 1050. The van der Waals surface area contributed by atoms with Crippen LogP contribution in [0.4, 0.5) is 5.69 Å². The van der Waals surface area contributed by atoms with Crippen LogP contribution in [0.3, 0.4) is 0 Å². The van der Waals surface area contributed by atoms with E-state index >= 15 is 0 Å². The van der Waals surface area contributed by atoms with Crippen LogP contribution in [-0.4, -0.2) is 30.9 Å². The molecule has 7 heteroatoms. The minimum atomic E-state index is -0.977. The number of benzene rings is 2. The van der Waals surface area contributed by atoms with Crippen molar-refractivity contribution in [2.75, 3.05) is 12.4 Å². The van der Waals surface area contributed by atoms with Crippen LogP contribution < -0.4 is 16.0 Å². The van der Waals surface area contributed by atoms with E-state index < -0.39 is 17.4 Å². The van der Waals surface area contributed by atoms with Crippen molar-refractivity contribution in [3.05, 3.63) is 63.6 Å². The molecule has 4 rings (SSSR count). The van der Waals surface area contributed by atoms with Crippen molar-refractivity contribution in [2.45, 2.75) is 50.6 Å². The second kappa shape index (κ2) is 7.80. The molecule has 2 heterocycles. The third kappa shape index (κ3) is 3.63. The van der Waals surface area contributed by atoms with Gasteiger partial charge in [0.2, 0.25) is 11.8 Å². The van der Waals surface area contributed by atoms with Crippen molar-refractivity contribution in [2.24, 2.45) is 5.41 Å². The molecule has 1 saturated heterocycles. The Hall–Kier alpha value is -2.08. The molecule has 1 spiro atoms. The van der Waals surface area contributed by atoms with E-state index in [0.29, 0.717) is 22.2 Å². The van der Waals surface area contributed by atoms with Crippen LogP contribution in [0.2, 0.25) is 10.0 Å². The number of hydrogen-bond donors (Lipinski definition) is 3. The first-order valence-electron chi connectivity index (χ1n) is 10.4. The number of fused-ring (bicyclic) bond motifs is 2. The number of hydrogen-bond acceptors (Lipinski definition) is 3. The van der Waals surface area contributed by atoms with Crippen LogP contribution in [0.15, 0.2) is 42.5 Å². The Morgan fingerprint density at radius 1 is 1.13 bits per heavy atom. The number of nitrogens with one attached hydrogen (secondary N) is 3. The van der Waals surface area contributed by atoms with Crippen molar-refractivity contribution >= 4 is 40.7 Å². The average Bonchev–Trinajstić information content (AvgIpc) is 3.15. The molecule has 0 unspecified atom stereocenters. The topological polar surface area (TPSA) is 70.2 Å². The molecule has 164 valence electrons. The monoisotopic (exact) mass is 459 g/mol. The quantitative estimate of drug-likeness (QED) is 0.632. The van der Waals surface area contributed by atoms with Crippen molar-refractivity contribution in [1.82, 2.24) is 10.6 Å². The average molecular weight is 460 g/mol. The summed E-state index contributed by atoms with van der Waals surface area (Å²) in [6, 6.07) is 12.1. The minimum Gasteiger partial charge on any atom is -0.358 e. The van der Waals surface area contributed by atoms with Gasteiger partial charge in [0.25, 0.3) is 0 Å². The number of likely N-dealkylation sites (N-methyl/N-ethyl adjacent to an activating group) is 1. The van der Waals surface area contributed by atoms with Gasteiger partial charge in [-0.3, -0.25) is 9.59 Å². The molecule has 2 aliphatic heterocycles. The van der Waals surface area contributed by atoms with Crippen LogP contribution in [0.1, 0.15) is 44.2 Å². The molecule has 0 radical (unpaired) electrons. The molecule has 0 aromatic heterocycles. The van der Waals surface area contributed by atoms with E-state index in [4.69, 9.17) is 23.2 Å². The summed E-state index contributed by atoms with van der Waals surface area (Å²) in [7, 11) is 1.62. The van der Waals surface area contributed by atoms with E-state index in [9.17, 15) is 9.59 Å². The molecule has 2 amide bonds. The number of anilines is 1. The molecule has 3 N–H and O–H groups in total. The number of halogens is 2. The van der Waals surface area contributed by atoms with Gasteiger partial charge in [0, 0.05) is 34.7 Å². The number of carbonyl (C=O) groups excluding carboxylic acids is 2. The van der Waals surface area contributed by atoms with Crippen LogP contribution in [0.5, 0.6) is 0 Å². The third-order valence-electron chi connectivity index (χ3n) is 6.36. The van der Waals surface area contributed by atoms with Gasteiger partial charge in [0.1, 0.15) is 5.41 Å².